The van der Waals surface area contributed by atoms with Gasteiger partial charge in [0.25, 0.3) is 0 Å². The third-order valence-electron chi connectivity index (χ3n) is 2.89. The standard InChI is InChI=1S/C15H15BrN2O3/c1-20-12-6-7-14(13(16)8-12)21-9-10-2-4-11(5-3-10)15(17)18-19/h2-8,19H,9H2,1H3,(H2,17,18). The molecular weight excluding hydrogens is 336 g/mol. The molecule has 0 bridgehead atoms. The highest BCUT2D eigenvalue weighted by molar-refractivity contribution is 9.10. The van der Waals surface area contributed by atoms with Crippen LogP contribution in [0, 0.1) is 0 Å². The summed E-state index contributed by atoms with van der Waals surface area (Å²) < 4.78 is 11.7. The van der Waals surface area contributed by atoms with Crippen molar-refractivity contribution < 1.29 is 14.7 Å². The first-order chi connectivity index (χ1) is 10.1. The molecular formula is C15H15BrN2O3. The van der Waals surface area contributed by atoms with E-state index in [1.165, 1.54) is 0 Å². The van der Waals surface area contributed by atoms with Crippen molar-refractivity contribution in [3.8, 4) is 11.5 Å². The molecule has 0 aliphatic heterocycles. The van der Waals surface area contributed by atoms with Crippen molar-refractivity contribution >= 4 is 21.8 Å². The van der Waals surface area contributed by atoms with E-state index in [4.69, 9.17) is 20.4 Å². The maximum atomic E-state index is 8.61. The van der Waals surface area contributed by atoms with Crippen LogP contribution in [0.15, 0.2) is 52.1 Å². The fourth-order valence-electron chi connectivity index (χ4n) is 1.72. The molecule has 0 unspecified atom stereocenters. The zero-order valence-corrected chi connectivity index (χ0v) is 13.0. The summed E-state index contributed by atoms with van der Waals surface area (Å²) in [5.74, 6) is 1.58. The van der Waals surface area contributed by atoms with E-state index < -0.39 is 0 Å². The maximum Gasteiger partial charge on any atom is 0.170 e. The van der Waals surface area contributed by atoms with E-state index >= 15 is 0 Å². The third kappa shape index (κ3) is 3.88. The van der Waals surface area contributed by atoms with Gasteiger partial charge in [-0.2, -0.15) is 0 Å². The zero-order chi connectivity index (χ0) is 15.2. The topological polar surface area (TPSA) is 77.1 Å². The minimum atomic E-state index is 0.0837. The summed E-state index contributed by atoms with van der Waals surface area (Å²) in [6.45, 7) is 0.418. The summed E-state index contributed by atoms with van der Waals surface area (Å²) in [6.07, 6.45) is 0. The normalized spacial score (nSPS) is 11.2. The molecule has 0 atom stereocenters. The predicted octanol–water partition coefficient (Wildman–Crippen LogP) is 3.13. The van der Waals surface area contributed by atoms with Crippen molar-refractivity contribution in [1.29, 1.82) is 0 Å². The average molecular weight is 351 g/mol. The number of methoxy groups -OCH3 is 1. The molecule has 2 aromatic rings. The van der Waals surface area contributed by atoms with E-state index in [0.29, 0.717) is 12.2 Å². The highest BCUT2D eigenvalue weighted by Crippen LogP contribution is 2.29. The molecule has 0 aliphatic rings. The van der Waals surface area contributed by atoms with Gasteiger partial charge in [0, 0.05) is 5.56 Å². The van der Waals surface area contributed by atoms with Crippen molar-refractivity contribution in [2.75, 3.05) is 7.11 Å². The molecule has 0 amide bonds. The smallest absolute Gasteiger partial charge is 0.170 e. The quantitative estimate of drug-likeness (QED) is 0.376. The van der Waals surface area contributed by atoms with Crippen LogP contribution in [0.4, 0.5) is 0 Å². The molecule has 0 saturated carbocycles. The van der Waals surface area contributed by atoms with Gasteiger partial charge in [0.2, 0.25) is 0 Å². The van der Waals surface area contributed by atoms with E-state index in [-0.39, 0.29) is 5.84 Å². The molecule has 0 radical (unpaired) electrons. The van der Waals surface area contributed by atoms with Gasteiger partial charge in [-0.05, 0) is 39.7 Å². The summed E-state index contributed by atoms with van der Waals surface area (Å²) in [5, 5.41) is 11.6. The van der Waals surface area contributed by atoms with Crippen molar-refractivity contribution in [1.82, 2.24) is 0 Å². The fourth-order valence-corrected chi connectivity index (χ4v) is 2.19. The molecule has 5 nitrogen and oxygen atoms in total. The number of oxime groups is 1. The summed E-state index contributed by atoms with van der Waals surface area (Å²) in [4.78, 5) is 0. The molecule has 6 heteroatoms. The van der Waals surface area contributed by atoms with E-state index in [9.17, 15) is 0 Å². The maximum absolute atomic E-state index is 8.61. The van der Waals surface area contributed by atoms with Crippen LogP contribution in [0.5, 0.6) is 11.5 Å². The summed E-state index contributed by atoms with van der Waals surface area (Å²) in [7, 11) is 1.62. The van der Waals surface area contributed by atoms with Crippen molar-refractivity contribution in [3.05, 3.63) is 58.1 Å². The van der Waals surface area contributed by atoms with Crippen LogP contribution in [0.2, 0.25) is 0 Å². The lowest BCUT2D eigenvalue weighted by Gasteiger charge is -2.10. The van der Waals surface area contributed by atoms with E-state index in [1.54, 1.807) is 19.2 Å². The number of amidine groups is 1. The second kappa shape index (κ2) is 6.99. The molecule has 2 aromatic carbocycles. The largest absolute Gasteiger partial charge is 0.497 e. The van der Waals surface area contributed by atoms with Crippen LogP contribution in [-0.2, 0) is 6.61 Å². The molecule has 110 valence electrons. The molecule has 0 heterocycles. The average Bonchev–Trinajstić information content (AvgIpc) is 2.53. The van der Waals surface area contributed by atoms with Crippen LogP contribution < -0.4 is 15.2 Å². The second-order valence-corrected chi connectivity index (χ2v) is 5.12. The molecule has 0 aromatic heterocycles. The van der Waals surface area contributed by atoms with Crippen molar-refractivity contribution in [3.63, 3.8) is 0 Å². The van der Waals surface area contributed by atoms with Gasteiger partial charge < -0.3 is 20.4 Å². The number of ether oxygens (including phenoxy) is 2. The Balaban J connectivity index is 2.03. The molecule has 2 rings (SSSR count). The Morgan fingerprint density at radius 1 is 1.24 bits per heavy atom. The molecule has 0 fully saturated rings. The summed E-state index contributed by atoms with van der Waals surface area (Å²) >= 11 is 3.44. The fraction of sp³-hybridized carbons (Fsp3) is 0.133. The minimum Gasteiger partial charge on any atom is -0.497 e. The van der Waals surface area contributed by atoms with Crippen LogP contribution in [-0.4, -0.2) is 18.2 Å². The van der Waals surface area contributed by atoms with Crippen molar-refractivity contribution in [2.45, 2.75) is 6.61 Å². The van der Waals surface area contributed by atoms with Crippen LogP contribution in [0.3, 0.4) is 0 Å². The van der Waals surface area contributed by atoms with Gasteiger partial charge >= 0.3 is 0 Å². The lowest BCUT2D eigenvalue weighted by molar-refractivity contribution is 0.303. The predicted molar refractivity (Wildman–Crippen MR) is 84.0 cm³/mol. The SMILES string of the molecule is COc1ccc(OCc2ccc(/C(N)=N/O)cc2)c(Br)c1. The highest BCUT2D eigenvalue weighted by atomic mass is 79.9. The Morgan fingerprint density at radius 2 is 1.95 bits per heavy atom. The number of halogens is 1. The molecule has 0 aliphatic carbocycles. The third-order valence-corrected chi connectivity index (χ3v) is 3.51. The van der Waals surface area contributed by atoms with Gasteiger partial charge in [0.1, 0.15) is 18.1 Å². The molecule has 0 spiro atoms. The van der Waals surface area contributed by atoms with E-state index in [1.807, 2.05) is 30.3 Å². The Bertz CT molecular complexity index is 642. The monoisotopic (exact) mass is 350 g/mol. The van der Waals surface area contributed by atoms with Gasteiger partial charge in [-0.15, -0.1) is 0 Å². The number of hydrogen-bond acceptors (Lipinski definition) is 4. The van der Waals surface area contributed by atoms with E-state index in [0.717, 1.165) is 21.5 Å². The zero-order valence-electron chi connectivity index (χ0n) is 11.4. The van der Waals surface area contributed by atoms with Gasteiger partial charge in [-0.25, -0.2) is 0 Å². The number of nitrogens with two attached hydrogens (primary N) is 1. The Labute approximate surface area is 131 Å². The number of benzene rings is 2. The Morgan fingerprint density at radius 3 is 2.52 bits per heavy atom. The van der Waals surface area contributed by atoms with Crippen LogP contribution >= 0.6 is 15.9 Å². The molecule has 0 saturated heterocycles. The first kappa shape index (κ1) is 15.2. The van der Waals surface area contributed by atoms with E-state index in [2.05, 4.69) is 21.1 Å². The van der Waals surface area contributed by atoms with Crippen molar-refractivity contribution in [2.24, 2.45) is 10.9 Å². The van der Waals surface area contributed by atoms with Crippen LogP contribution in [0.25, 0.3) is 0 Å². The Hall–Kier alpha value is -2.21. The first-order valence-corrected chi connectivity index (χ1v) is 6.96. The summed E-state index contributed by atoms with van der Waals surface area (Å²) in [6, 6.07) is 12.8. The van der Waals surface area contributed by atoms with Gasteiger partial charge in [-0.3, -0.25) is 0 Å². The first-order valence-electron chi connectivity index (χ1n) is 6.17. The van der Waals surface area contributed by atoms with Gasteiger partial charge in [-0.1, -0.05) is 29.4 Å². The molecule has 21 heavy (non-hydrogen) atoms. The van der Waals surface area contributed by atoms with Gasteiger partial charge in [0.05, 0.1) is 11.6 Å². The lowest BCUT2D eigenvalue weighted by atomic mass is 10.1. The minimum absolute atomic E-state index is 0.0837. The lowest BCUT2D eigenvalue weighted by Crippen LogP contribution is -2.12. The van der Waals surface area contributed by atoms with Crippen LogP contribution in [0.1, 0.15) is 11.1 Å². The van der Waals surface area contributed by atoms with Gasteiger partial charge in [0.15, 0.2) is 5.84 Å². The second-order valence-electron chi connectivity index (χ2n) is 4.27. The molecule has 3 N–H and O–H groups in total. The summed E-state index contributed by atoms with van der Waals surface area (Å²) in [5.41, 5.74) is 7.15. The number of hydrogen-bond donors (Lipinski definition) is 2. The Kier molecular flexibility index (Phi) is 5.05. The number of rotatable bonds is 5. The highest BCUT2D eigenvalue weighted by Gasteiger charge is 2.04. The number of nitrogens with zero attached hydrogens (tertiary/aromatic N) is 1.